The number of halogens is 1. The molecule has 0 aliphatic heterocycles. The van der Waals surface area contributed by atoms with E-state index >= 15 is 0 Å². The third kappa shape index (κ3) is 5.90. The van der Waals surface area contributed by atoms with Crippen molar-refractivity contribution in [3.05, 3.63) is 29.8 Å². The van der Waals surface area contributed by atoms with Crippen molar-refractivity contribution in [2.45, 2.75) is 0 Å². The molecule has 112 valence electrons. The third-order valence-electron chi connectivity index (χ3n) is 2.44. The maximum absolute atomic E-state index is 11.8. The number of hydrogen-bond donors (Lipinski definition) is 3. The minimum atomic E-state index is -0.229. The number of benzene rings is 1. The van der Waals surface area contributed by atoms with E-state index < -0.39 is 0 Å². The standard InChI is InChI=1S/C13H20N4O2.ClH/c1-14-7-8-15-12(18)10-5-4-6-11(9-10)16-13(19)17(2)3;/h4-6,9,14H,7-8H2,1-3H3,(H,15,18)(H,16,19);1H. The van der Waals surface area contributed by atoms with E-state index in [0.29, 0.717) is 24.3 Å². The van der Waals surface area contributed by atoms with Crippen LogP contribution >= 0.6 is 12.4 Å². The van der Waals surface area contributed by atoms with Gasteiger partial charge in [-0.25, -0.2) is 4.79 Å². The van der Waals surface area contributed by atoms with Gasteiger partial charge in [0.2, 0.25) is 0 Å². The minimum absolute atomic E-state index is 0. The number of amides is 3. The van der Waals surface area contributed by atoms with Gasteiger partial charge in [-0.1, -0.05) is 6.07 Å². The molecule has 0 heterocycles. The molecule has 3 amide bonds. The molecule has 0 unspecified atom stereocenters. The van der Waals surface area contributed by atoms with Crippen LogP contribution < -0.4 is 16.0 Å². The Bertz CT molecular complexity index is 452. The number of carbonyl (C=O) groups excluding carboxylic acids is 2. The second-order valence-corrected chi connectivity index (χ2v) is 4.26. The van der Waals surface area contributed by atoms with E-state index in [1.165, 1.54) is 4.90 Å². The van der Waals surface area contributed by atoms with Crippen molar-refractivity contribution >= 4 is 30.0 Å². The molecule has 0 bridgehead atoms. The molecule has 0 aromatic heterocycles. The van der Waals surface area contributed by atoms with Gasteiger partial charge in [-0.3, -0.25) is 4.79 Å². The van der Waals surface area contributed by atoms with Gasteiger partial charge in [-0.05, 0) is 25.2 Å². The Kier molecular flexibility index (Phi) is 8.35. The van der Waals surface area contributed by atoms with E-state index in [1.54, 1.807) is 38.4 Å². The molecule has 0 atom stereocenters. The summed E-state index contributed by atoms with van der Waals surface area (Å²) in [7, 11) is 5.14. The van der Waals surface area contributed by atoms with Crippen molar-refractivity contribution < 1.29 is 9.59 Å². The normalized spacial score (nSPS) is 9.35. The van der Waals surface area contributed by atoms with Crippen LogP contribution in [0.5, 0.6) is 0 Å². The number of urea groups is 1. The fourth-order valence-corrected chi connectivity index (χ4v) is 1.38. The van der Waals surface area contributed by atoms with Crippen molar-refractivity contribution in [1.29, 1.82) is 0 Å². The lowest BCUT2D eigenvalue weighted by Gasteiger charge is -2.12. The Morgan fingerprint density at radius 1 is 1.20 bits per heavy atom. The highest BCUT2D eigenvalue weighted by atomic mass is 35.5. The molecule has 0 saturated carbocycles. The monoisotopic (exact) mass is 300 g/mol. The van der Waals surface area contributed by atoms with Gasteiger partial charge in [-0.2, -0.15) is 0 Å². The van der Waals surface area contributed by atoms with E-state index in [2.05, 4.69) is 16.0 Å². The fraction of sp³-hybridized carbons (Fsp3) is 0.385. The van der Waals surface area contributed by atoms with Crippen LogP contribution in [0, 0.1) is 0 Å². The second-order valence-electron chi connectivity index (χ2n) is 4.26. The molecule has 0 radical (unpaired) electrons. The summed E-state index contributed by atoms with van der Waals surface area (Å²) in [5.41, 5.74) is 1.12. The van der Waals surface area contributed by atoms with Crippen molar-refractivity contribution in [1.82, 2.24) is 15.5 Å². The largest absolute Gasteiger partial charge is 0.351 e. The quantitative estimate of drug-likeness (QED) is 0.714. The topological polar surface area (TPSA) is 73.5 Å². The number of carbonyl (C=O) groups is 2. The highest BCUT2D eigenvalue weighted by Crippen LogP contribution is 2.11. The first kappa shape index (κ1) is 18.2. The zero-order valence-corrected chi connectivity index (χ0v) is 12.7. The van der Waals surface area contributed by atoms with Crippen LogP contribution in [0.25, 0.3) is 0 Å². The van der Waals surface area contributed by atoms with E-state index in [9.17, 15) is 9.59 Å². The minimum Gasteiger partial charge on any atom is -0.351 e. The number of anilines is 1. The first-order chi connectivity index (χ1) is 9.04. The van der Waals surface area contributed by atoms with Crippen LogP contribution in [0.1, 0.15) is 10.4 Å². The van der Waals surface area contributed by atoms with E-state index in [0.717, 1.165) is 0 Å². The van der Waals surface area contributed by atoms with Crippen LogP contribution in [-0.4, -0.2) is 51.1 Å². The van der Waals surface area contributed by atoms with Gasteiger partial charge < -0.3 is 20.9 Å². The van der Waals surface area contributed by atoms with Gasteiger partial charge in [0.05, 0.1) is 0 Å². The maximum Gasteiger partial charge on any atom is 0.321 e. The molecule has 0 fully saturated rings. The van der Waals surface area contributed by atoms with E-state index in [4.69, 9.17) is 0 Å². The van der Waals surface area contributed by atoms with Gasteiger partial charge in [0.1, 0.15) is 0 Å². The predicted molar refractivity (Wildman–Crippen MR) is 82.7 cm³/mol. The van der Waals surface area contributed by atoms with Crippen LogP contribution in [0.4, 0.5) is 10.5 Å². The van der Waals surface area contributed by atoms with Crippen molar-refractivity contribution in [2.75, 3.05) is 39.5 Å². The average molecular weight is 301 g/mol. The molecule has 20 heavy (non-hydrogen) atoms. The lowest BCUT2D eigenvalue weighted by atomic mass is 10.2. The van der Waals surface area contributed by atoms with E-state index in [1.807, 2.05) is 7.05 Å². The van der Waals surface area contributed by atoms with E-state index in [-0.39, 0.29) is 24.3 Å². The molecule has 0 aliphatic carbocycles. The number of likely N-dealkylation sites (N-methyl/N-ethyl adjacent to an activating group) is 1. The Morgan fingerprint density at radius 2 is 1.90 bits per heavy atom. The zero-order valence-electron chi connectivity index (χ0n) is 11.9. The Labute approximate surface area is 125 Å². The number of nitrogens with zero attached hydrogens (tertiary/aromatic N) is 1. The van der Waals surface area contributed by atoms with Crippen molar-refractivity contribution in [2.24, 2.45) is 0 Å². The maximum atomic E-state index is 11.8. The molecule has 6 nitrogen and oxygen atoms in total. The lowest BCUT2D eigenvalue weighted by molar-refractivity contribution is 0.0954. The molecule has 1 aromatic carbocycles. The lowest BCUT2D eigenvalue weighted by Crippen LogP contribution is -2.30. The zero-order chi connectivity index (χ0) is 14.3. The van der Waals surface area contributed by atoms with Crippen LogP contribution in [-0.2, 0) is 0 Å². The van der Waals surface area contributed by atoms with Crippen molar-refractivity contribution in [3.8, 4) is 0 Å². The average Bonchev–Trinajstić information content (AvgIpc) is 2.39. The second kappa shape index (κ2) is 9.17. The number of rotatable bonds is 5. The summed E-state index contributed by atoms with van der Waals surface area (Å²) in [4.78, 5) is 24.8. The first-order valence-electron chi connectivity index (χ1n) is 6.05. The summed E-state index contributed by atoms with van der Waals surface area (Å²) in [6.45, 7) is 1.27. The smallest absolute Gasteiger partial charge is 0.321 e. The molecule has 3 N–H and O–H groups in total. The summed E-state index contributed by atoms with van der Waals surface area (Å²) < 4.78 is 0. The highest BCUT2D eigenvalue weighted by Gasteiger charge is 2.08. The van der Waals surface area contributed by atoms with Crippen LogP contribution in [0.2, 0.25) is 0 Å². The first-order valence-corrected chi connectivity index (χ1v) is 6.05. The van der Waals surface area contributed by atoms with Gasteiger partial charge in [0.25, 0.3) is 5.91 Å². The fourth-order valence-electron chi connectivity index (χ4n) is 1.38. The van der Waals surface area contributed by atoms with Crippen molar-refractivity contribution in [3.63, 3.8) is 0 Å². The molecular weight excluding hydrogens is 280 g/mol. The molecule has 1 aromatic rings. The Hall–Kier alpha value is -1.79. The summed E-state index contributed by atoms with van der Waals surface area (Å²) in [6, 6.07) is 6.60. The Balaban J connectivity index is 0.00000361. The Morgan fingerprint density at radius 3 is 2.50 bits per heavy atom. The van der Waals surface area contributed by atoms with Crippen LogP contribution in [0.3, 0.4) is 0 Å². The van der Waals surface area contributed by atoms with Gasteiger partial charge in [-0.15, -0.1) is 12.4 Å². The number of hydrogen-bond acceptors (Lipinski definition) is 3. The molecule has 0 spiro atoms. The number of nitrogens with one attached hydrogen (secondary N) is 3. The summed E-state index contributed by atoms with van der Waals surface area (Å²) in [5.74, 6) is -0.156. The van der Waals surface area contributed by atoms with Gasteiger partial charge in [0, 0.05) is 38.4 Å². The molecule has 0 saturated heterocycles. The summed E-state index contributed by atoms with van der Waals surface area (Å²) in [6.07, 6.45) is 0. The molecule has 7 heteroatoms. The highest BCUT2D eigenvalue weighted by molar-refractivity contribution is 5.96. The molecule has 1 rings (SSSR count). The third-order valence-corrected chi connectivity index (χ3v) is 2.44. The molecular formula is C13H21ClN4O2. The van der Waals surface area contributed by atoms with Gasteiger partial charge in [0.15, 0.2) is 0 Å². The summed E-state index contributed by atoms with van der Waals surface area (Å²) in [5, 5.41) is 8.42. The van der Waals surface area contributed by atoms with Crippen LogP contribution in [0.15, 0.2) is 24.3 Å². The summed E-state index contributed by atoms with van der Waals surface area (Å²) >= 11 is 0. The molecule has 0 aliphatic rings. The van der Waals surface area contributed by atoms with Gasteiger partial charge >= 0.3 is 6.03 Å². The SMILES string of the molecule is CNCCNC(=O)c1cccc(NC(=O)N(C)C)c1.Cl. The predicted octanol–water partition coefficient (Wildman–Crippen LogP) is 1.15.